The number of carbonyl (C=O) groups excluding carboxylic acids is 1. The van der Waals surface area contributed by atoms with Crippen molar-refractivity contribution < 1.29 is 9.21 Å². The molecule has 0 saturated heterocycles. The van der Waals surface area contributed by atoms with Gasteiger partial charge in [0.1, 0.15) is 5.69 Å². The fourth-order valence-electron chi connectivity index (χ4n) is 1.57. The first-order valence-electron chi connectivity index (χ1n) is 5.79. The molecule has 0 fully saturated rings. The normalized spacial score (nSPS) is 11.0. The molecular weight excluding hydrogens is 276 g/mol. The van der Waals surface area contributed by atoms with Gasteiger partial charge in [0.2, 0.25) is 0 Å². The number of nitrogens with zero attached hydrogens (tertiary/aromatic N) is 2. The fraction of sp³-hybridized carbons (Fsp3) is 0. The lowest BCUT2D eigenvalue weighted by molar-refractivity contribution is 0.0950. The number of nitrogens with one attached hydrogen (secondary N) is 2. The number of furan rings is 1. The molecule has 3 aromatic rings. The van der Waals surface area contributed by atoms with Crippen LogP contribution in [-0.4, -0.2) is 22.3 Å². The summed E-state index contributed by atoms with van der Waals surface area (Å²) in [6.07, 6.45) is 3.14. The first kappa shape index (κ1) is 12.4. The summed E-state index contributed by atoms with van der Waals surface area (Å²) >= 11 is 1.54. The quantitative estimate of drug-likeness (QED) is 0.571. The Morgan fingerprint density at radius 2 is 2.40 bits per heavy atom. The zero-order valence-electron chi connectivity index (χ0n) is 10.2. The van der Waals surface area contributed by atoms with Gasteiger partial charge in [0.05, 0.1) is 12.5 Å². The molecular formula is C13H10N4O2S. The van der Waals surface area contributed by atoms with Gasteiger partial charge in [0.15, 0.2) is 11.5 Å². The van der Waals surface area contributed by atoms with E-state index in [1.54, 1.807) is 30.7 Å². The third kappa shape index (κ3) is 2.67. The van der Waals surface area contributed by atoms with Crippen molar-refractivity contribution in [3.05, 3.63) is 52.5 Å². The maximum Gasteiger partial charge on any atom is 0.291 e. The van der Waals surface area contributed by atoms with Crippen molar-refractivity contribution in [3.63, 3.8) is 0 Å². The lowest BCUT2D eigenvalue weighted by atomic mass is 10.3. The van der Waals surface area contributed by atoms with E-state index in [1.165, 1.54) is 11.3 Å². The zero-order chi connectivity index (χ0) is 13.8. The summed E-state index contributed by atoms with van der Waals surface area (Å²) < 4.78 is 5.21. The summed E-state index contributed by atoms with van der Waals surface area (Å²) in [5.41, 5.74) is 3.31. The molecule has 0 aliphatic carbocycles. The lowest BCUT2D eigenvalue weighted by Crippen LogP contribution is -2.17. The third-order valence-corrected chi connectivity index (χ3v) is 3.31. The Morgan fingerprint density at radius 1 is 1.45 bits per heavy atom. The Labute approximate surface area is 118 Å². The van der Waals surface area contributed by atoms with Gasteiger partial charge in [-0.3, -0.25) is 9.89 Å². The van der Waals surface area contributed by atoms with Crippen molar-refractivity contribution in [1.82, 2.24) is 15.6 Å². The third-order valence-electron chi connectivity index (χ3n) is 2.50. The molecule has 0 radical (unpaired) electrons. The van der Waals surface area contributed by atoms with Gasteiger partial charge >= 0.3 is 0 Å². The van der Waals surface area contributed by atoms with E-state index in [0.29, 0.717) is 11.5 Å². The van der Waals surface area contributed by atoms with Gasteiger partial charge in [-0.05, 0) is 23.6 Å². The topological polar surface area (TPSA) is 83.3 Å². The van der Waals surface area contributed by atoms with Crippen LogP contribution in [0, 0.1) is 0 Å². The second-order valence-electron chi connectivity index (χ2n) is 3.86. The van der Waals surface area contributed by atoms with Crippen LogP contribution in [0.2, 0.25) is 0 Å². The molecule has 7 heteroatoms. The molecule has 6 nitrogen and oxygen atoms in total. The molecule has 0 unspecified atom stereocenters. The van der Waals surface area contributed by atoms with Gasteiger partial charge < -0.3 is 4.42 Å². The van der Waals surface area contributed by atoms with Crippen molar-refractivity contribution in [2.45, 2.75) is 0 Å². The molecule has 0 atom stereocenters. The largest absolute Gasteiger partial charge is 0.463 e. The van der Waals surface area contributed by atoms with E-state index in [4.69, 9.17) is 4.42 Å². The van der Waals surface area contributed by atoms with Crippen LogP contribution in [0.4, 0.5) is 0 Å². The molecule has 3 heterocycles. The van der Waals surface area contributed by atoms with Crippen LogP contribution in [0.5, 0.6) is 0 Å². The highest BCUT2D eigenvalue weighted by Gasteiger charge is 2.11. The summed E-state index contributed by atoms with van der Waals surface area (Å²) in [5.74, 6) is 0.241. The smallest absolute Gasteiger partial charge is 0.291 e. The first-order chi connectivity index (χ1) is 9.83. The monoisotopic (exact) mass is 286 g/mol. The Kier molecular flexibility index (Phi) is 3.42. The van der Waals surface area contributed by atoms with Gasteiger partial charge in [0.25, 0.3) is 5.91 Å². The highest BCUT2D eigenvalue weighted by atomic mass is 32.1. The summed E-state index contributed by atoms with van der Waals surface area (Å²) in [4.78, 5) is 12.8. The van der Waals surface area contributed by atoms with Crippen molar-refractivity contribution in [3.8, 4) is 11.5 Å². The maximum atomic E-state index is 11.8. The highest BCUT2D eigenvalue weighted by Crippen LogP contribution is 2.17. The number of carbonyl (C=O) groups is 1. The molecule has 0 aliphatic heterocycles. The first-order valence-corrected chi connectivity index (χ1v) is 6.67. The molecule has 3 aromatic heterocycles. The van der Waals surface area contributed by atoms with Crippen molar-refractivity contribution in [1.29, 1.82) is 0 Å². The van der Waals surface area contributed by atoms with E-state index in [0.717, 1.165) is 4.88 Å². The van der Waals surface area contributed by atoms with Gasteiger partial charge in [0, 0.05) is 10.9 Å². The number of rotatable bonds is 4. The van der Waals surface area contributed by atoms with Crippen LogP contribution in [0.3, 0.4) is 0 Å². The van der Waals surface area contributed by atoms with Crippen LogP contribution in [-0.2, 0) is 0 Å². The van der Waals surface area contributed by atoms with Crippen molar-refractivity contribution in [2.75, 3.05) is 0 Å². The summed E-state index contributed by atoms with van der Waals surface area (Å²) in [5, 5.41) is 12.5. The summed E-state index contributed by atoms with van der Waals surface area (Å²) in [6.45, 7) is 0. The number of aromatic amines is 1. The standard InChI is InChI=1S/C13H10N4O2S/c18-13(17-14-8-9-3-2-6-20-9)11-7-10(15-16-11)12-4-1-5-19-12/h1-8H,(H,15,16)(H,17,18)/b14-8+. The van der Waals surface area contributed by atoms with Crippen LogP contribution in [0.1, 0.15) is 15.4 Å². The van der Waals surface area contributed by atoms with Crippen molar-refractivity contribution >= 4 is 23.5 Å². The van der Waals surface area contributed by atoms with Crippen LogP contribution in [0.15, 0.2) is 51.5 Å². The second-order valence-corrected chi connectivity index (χ2v) is 4.84. The van der Waals surface area contributed by atoms with E-state index in [9.17, 15) is 4.79 Å². The minimum Gasteiger partial charge on any atom is -0.463 e. The van der Waals surface area contributed by atoms with Crippen LogP contribution < -0.4 is 5.43 Å². The average Bonchev–Trinajstić information content (AvgIpc) is 3.20. The van der Waals surface area contributed by atoms with E-state index in [1.807, 2.05) is 17.5 Å². The summed E-state index contributed by atoms with van der Waals surface area (Å²) in [7, 11) is 0. The number of H-pyrrole nitrogens is 1. The maximum absolute atomic E-state index is 11.8. The second kappa shape index (κ2) is 5.54. The SMILES string of the molecule is O=C(N/N=C/c1cccs1)c1cc(-c2ccco2)[nH]n1. The van der Waals surface area contributed by atoms with E-state index in [2.05, 4.69) is 20.7 Å². The number of aromatic nitrogens is 2. The number of amides is 1. The van der Waals surface area contributed by atoms with Gasteiger partial charge in [-0.15, -0.1) is 11.3 Å². The highest BCUT2D eigenvalue weighted by molar-refractivity contribution is 7.11. The Morgan fingerprint density at radius 3 is 3.15 bits per heavy atom. The number of hydrazone groups is 1. The molecule has 3 rings (SSSR count). The fourth-order valence-corrected chi connectivity index (χ4v) is 2.16. The van der Waals surface area contributed by atoms with E-state index in [-0.39, 0.29) is 11.6 Å². The molecule has 1 amide bonds. The van der Waals surface area contributed by atoms with Gasteiger partial charge in [-0.2, -0.15) is 10.2 Å². The number of hydrogen-bond donors (Lipinski definition) is 2. The van der Waals surface area contributed by atoms with E-state index >= 15 is 0 Å². The Bertz CT molecular complexity index is 713. The molecule has 0 bridgehead atoms. The average molecular weight is 286 g/mol. The number of thiophene rings is 1. The van der Waals surface area contributed by atoms with E-state index < -0.39 is 0 Å². The van der Waals surface area contributed by atoms with Crippen LogP contribution >= 0.6 is 11.3 Å². The molecule has 100 valence electrons. The molecule has 2 N–H and O–H groups in total. The van der Waals surface area contributed by atoms with Crippen molar-refractivity contribution in [2.24, 2.45) is 5.10 Å². The zero-order valence-corrected chi connectivity index (χ0v) is 11.1. The molecule has 20 heavy (non-hydrogen) atoms. The predicted molar refractivity (Wildman–Crippen MR) is 75.7 cm³/mol. The summed E-state index contributed by atoms with van der Waals surface area (Å²) in [6, 6.07) is 8.97. The molecule has 0 saturated carbocycles. The van der Waals surface area contributed by atoms with Gasteiger partial charge in [-0.1, -0.05) is 6.07 Å². The number of hydrogen-bond acceptors (Lipinski definition) is 5. The minimum atomic E-state index is -0.383. The molecule has 0 aromatic carbocycles. The predicted octanol–water partition coefficient (Wildman–Crippen LogP) is 2.50. The Hall–Kier alpha value is -2.67. The minimum absolute atomic E-state index is 0.250. The van der Waals surface area contributed by atoms with Gasteiger partial charge in [-0.25, -0.2) is 5.43 Å². The van der Waals surface area contributed by atoms with Crippen LogP contribution in [0.25, 0.3) is 11.5 Å². The molecule has 0 spiro atoms. The molecule has 0 aliphatic rings. The Balaban J connectivity index is 1.66. The lowest BCUT2D eigenvalue weighted by Gasteiger charge is -1.93.